The van der Waals surface area contributed by atoms with Gasteiger partial charge in [-0.05, 0) is 58.7 Å². The summed E-state index contributed by atoms with van der Waals surface area (Å²) in [5.41, 5.74) is 4.08. The topological polar surface area (TPSA) is 140 Å². The lowest BCUT2D eigenvalue weighted by Gasteiger charge is -2.24. The van der Waals surface area contributed by atoms with Gasteiger partial charge in [-0.1, -0.05) is 12.1 Å². The molecule has 0 saturated carbocycles. The van der Waals surface area contributed by atoms with Crippen LogP contribution in [0.5, 0.6) is 46.0 Å². The number of phenols is 6. The van der Waals surface area contributed by atoms with Gasteiger partial charge in [0.25, 0.3) is 0 Å². The van der Waals surface area contributed by atoms with Crippen LogP contribution in [0.1, 0.15) is 57.1 Å². The number of fused-ring (bicyclic) bond motifs is 5. The Balaban J connectivity index is 1.67. The van der Waals surface area contributed by atoms with Crippen LogP contribution in [0.25, 0.3) is 0 Å². The molecule has 0 saturated heterocycles. The van der Waals surface area contributed by atoms with Crippen LogP contribution < -0.4 is 9.47 Å². The summed E-state index contributed by atoms with van der Waals surface area (Å²) in [5, 5.41) is 63.7. The molecule has 0 radical (unpaired) electrons. The van der Waals surface area contributed by atoms with Crippen molar-refractivity contribution in [1.29, 1.82) is 0 Å². The lowest BCUT2D eigenvalue weighted by molar-refractivity contribution is 0.372. The zero-order chi connectivity index (χ0) is 26.9. The molecule has 8 heteroatoms. The van der Waals surface area contributed by atoms with Crippen LogP contribution in [0.2, 0.25) is 0 Å². The van der Waals surface area contributed by atoms with Crippen LogP contribution in [-0.4, -0.2) is 44.9 Å². The highest BCUT2D eigenvalue weighted by molar-refractivity contribution is 5.69. The average Bonchev–Trinajstić information content (AvgIpc) is 3.38. The number of hydrogen-bond donors (Lipinski definition) is 6. The molecule has 194 valence electrons. The van der Waals surface area contributed by atoms with E-state index < -0.39 is 11.8 Å². The molecule has 38 heavy (non-hydrogen) atoms. The van der Waals surface area contributed by atoms with E-state index in [-0.39, 0.29) is 57.8 Å². The first kappa shape index (κ1) is 23.7. The molecule has 6 rings (SSSR count). The minimum Gasteiger partial charge on any atom is -0.508 e. The van der Waals surface area contributed by atoms with Crippen molar-refractivity contribution in [3.05, 3.63) is 94.0 Å². The molecule has 0 fully saturated rings. The van der Waals surface area contributed by atoms with Gasteiger partial charge < -0.3 is 40.1 Å². The van der Waals surface area contributed by atoms with Crippen LogP contribution in [0.3, 0.4) is 0 Å². The largest absolute Gasteiger partial charge is 0.508 e. The van der Waals surface area contributed by atoms with Crippen molar-refractivity contribution in [2.45, 2.75) is 23.7 Å². The third kappa shape index (κ3) is 3.30. The van der Waals surface area contributed by atoms with Crippen LogP contribution in [-0.2, 0) is 0 Å². The molecule has 0 amide bonds. The highest BCUT2D eigenvalue weighted by Crippen LogP contribution is 2.69. The van der Waals surface area contributed by atoms with Crippen LogP contribution in [0, 0.1) is 0 Å². The van der Waals surface area contributed by atoms with Gasteiger partial charge in [0.15, 0.2) is 23.0 Å². The lowest BCUT2D eigenvalue weighted by atomic mass is 9.79. The molecule has 2 aliphatic carbocycles. The molecular formula is C30H26O8. The summed E-state index contributed by atoms with van der Waals surface area (Å²) in [5.74, 6) is -1.57. The fourth-order valence-corrected chi connectivity index (χ4v) is 6.56. The lowest BCUT2D eigenvalue weighted by Crippen LogP contribution is -2.10. The van der Waals surface area contributed by atoms with Gasteiger partial charge in [-0.3, -0.25) is 0 Å². The smallest absolute Gasteiger partial charge is 0.160 e. The van der Waals surface area contributed by atoms with Crippen molar-refractivity contribution < 1.29 is 40.1 Å². The summed E-state index contributed by atoms with van der Waals surface area (Å²) in [6.45, 7) is 0. The summed E-state index contributed by atoms with van der Waals surface area (Å²) in [7, 11) is 2.91. The summed E-state index contributed by atoms with van der Waals surface area (Å²) in [4.78, 5) is 0. The highest BCUT2D eigenvalue weighted by Gasteiger charge is 2.54. The van der Waals surface area contributed by atoms with Gasteiger partial charge >= 0.3 is 0 Å². The van der Waals surface area contributed by atoms with Crippen molar-refractivity contribution in [3.63, 3.8) is 0 Å². The SMILES string of the molecule is COc1cc([C@@H]2c3c(O)cc(O)cc3[C@H]3[C@H](c4ccc(O)c(OC)c4)c4c(O)cc(O)cc4[C@@H]23)ccc1O. The molecule has 4 aromatic rings. The molecule has 4 aromatic carbocycles. The maximum absolute atomic E-state index is 11.1. The Labute approximate surface area is 218 Å². The summed E-state index contributed by atoms with van der Waals surface area (Å²) < 4.78 is 10.7. The van der Waals surface area contributed by atoms with Gasteiger partial charge in [0, 0.05) is 46.9 Å². The van der Waals surface area contributed by atoms with Crippen molar-refractivity contribution in [2.75, 3.05) is 14.2 Å². The van der Waals surface area contributed by atoms with E-state index in [1.54, 1.807) is 36.4 Å². The quantitative estimate of drug-likeness (QED) is 0.221. The van der Waals surface area contributed by atoms with Crippen LogP contribution in [0.4, 0.5) is 0 Å². The maximum atomic E-state index is 11.1. The molecular weight excluding hydrogens is 488 g/mol. The van der Waals surface area contributed by atoms with Crippen molar-refractivity contribution in [2.24, 2.45) is 0 Å². The highest BCUT2D eigenvalue weighted by atomic mass is 16.5. The van der Waals surface area contributed by atoms with E-state index in [0.29, 0.717) is 22.3 Å². The fraction of sp³-hybridized carbons (Fsp3) is 0.200. The molecule has 2 aliphatic rings. The number of ether oxygens (including phenoxy) is 2. The number of phenolic OH excluding ortho intramolecular Hbond substituents is 6. The molecule has 0 heterocycles. The Bertz CT molecular complexity index is 1480. The molecule has 0 spiro atoms. The number of rotatable bonds is 4. The monoisotopic (exact) mass is 514 g/mol. The van der Waals surface area contributed by atoms with Crippen molar-refractivity contribution >= 4 is 0 Å². The summed E-state index contributed by atoms with van der Waals surface area (Å²) in [6.07, 6.45) is 0. The number of aromatic hydroxyl groups is 6. The number of methoxy groups -OCH3 is 2. The molecule has 6 N–H and O–H groups in total. The third-order valence-corrected chi connectivity index (χ3v) is 7.92. The average molecular weight is 515 g/mol. The predicted molar refractivity (Wildman–Crippen MR) is 138 cm³/mol. The standard InChI is InChI=1S/C30H26O8/c1-37-23-7-13(3-5-19(23)33)25-27-17(9-15(31)11-21(27)35)30-26(14-4-6-20(34)24(8-14)38-2)28-18(29(25)30)10-16(32)12-22(28)36/h3-12,25-26,29-36H,1-2H3/t25-,26-,29+,30+/m1/s1. The van der Waals surface area contributed by atoms with Gasteiger partial charge in [0.1, 0.15) is 23.0 Å². The zero-order valence-corrected chi connectivity index (χ0v) is 20.6. The summed E-state index contributed by atoms with van der Waals surface area (Å²) >= 11 is 0. The second-order valence-corrected chi connectivity index (χ2v) is 9.81. The third-order valence-electron chi connectivity index (χ3n) is 7.92. The first-order valence-corrected chi connectivity index (χ1v) is 12.1. The fourth-order valence-electron chi connectivity index (χ4n) is 6.56. The van der Waals surface area contributed by atoms with Crippen molar-refractivity contribution in [1.82, 2.24) is 0 Å². The Morgan fingerprint density at radius 1 is 0.500 bits per heavy atom. The Kier molecular flexibility index (Phi) is 5.24. The van der Waals surface area contributed by atoms with E-state index in [0.717, 1.165) is 11.1 Å². The van der Waals surface area contributed by atoms with Gasteiger partial charge in [-0.25, -0.2) is 0 Å². The van der Waals surface area contributed by atoms with E-state index in [2.05, 4.69) is 0 Å². The molecule has 4 atom stereocenters. The second-order valence-electron chi connectivity index (χ2n) is 9.81. The predicted octanol–water partition coefficient (Wildman–Crippen LogP) is 5.10. The minimum absolute atomic E-state index is 0.0304. The Hall–Kier alpha value is -4.72. The Morgan fingerprint density at radius 3 is 1.26 bits per heavy atom. The first-order valence-electron chi connectivity index (χ1n) is 12.1. The molecule has 8 nitrogen and oxygen atoms in total. The van der Waals surface area contributed by atoms with E-state index in [1.165, 1.54) is 38.5 Å². The van der Waals surface area contributed by atoms with E-state index in [1.807, 2.05) is 0 Å². The second kappa shape index (κ2) is 8.41. The molecule has 0 aromatic heterocycles. The molecule has 0 bridgehead atoms. The van der Waals surface area contributed by atoms with E-state index in [4.69, 9.17) is 9.47 Å². The number of hydrogen-bond acceptors (Lipinski definition) is 8. The first-order chi connectivity index (χ1) is 18.2. The van der Waals surface area contributed by atoms with Gasteiger partial charge in [-0.2, -0.15) is 0 Å². The van der Waals surface area contributed by atoms with E-state index >= 15 is 0 Å². The van der Waals surface area contributed by atoms with E-state index in [9.17, 15) is 30.6 Å². The molecule has 0 aliphatic heterocycles. The minimum atomic E-state index is -0.464. The normalized spacial score (nSPS) is 21.0. The van der Waals surface area contributed by atoms with Crippen molar-refractivity contribution in [3.8, 4) is 46.0 Å². The van der Waals surface area contributed by atoms with Gasteiger partial charge in [-0.15, -0.1) is 0 Å². The van der Waals surface area contributed by atoms with Gasteiger partial charge in [0.05, 0.1) is 14.2 Å². The van der Waals surface area contributed by atoms with Gasteiger partial charge in [0.2, 0.25) is 0 Å². The van der Waals surface area contributed by atoms with Crippen LogP contribution >= 0.6 is 0 Å². The van der Waals surface area contributed by atoms with Crippen LogP contribution in [0.15, 0.2) is 60.7 Å². The zero-order valence-electron chi connectivity index (χ0n) is 20.6. The summed E-state index contributed by atoms with van der Waals surface area (Å²) in [6, 6.07) is 15.8. The number of benzene rings is 4. The maximum Gasteiger partial charge on any atom is 0.160 e. The molecule has 0 unspecified atom stereocenters. The Morgan fingerprint density at radius 2 is 0.895 bits per heavy atom.